The van der Waals surface area contributed by atoms with Crippen LogP contribution in [0.15, 0.2) is 0 Å². The highest BCUT2D eigenvalue weighted by atomic mass is 35.5. The van der Waals surface area contributed by atoms with Crippen LogP contribution in [0.3, 0.4) is 0 Å². The molecule has 1 atom stereocenters. The molecule has 1 aliphatic carbocycles. The predicted octanol–water partition coefficient (Wildman–Crippen LogP) is 3.09. The van der Waals surface area contributed by atoms with E-state index in [-0.39, 0.29) is 17.9 Å². The molecule has 1 unspecified atom stereocenters. The highest BCUT2D eigenvalue weighted by Crippen LogP contribution is 2.23. The van der Waals surface area contributed by atoms with Crippen molar-refractivity contribution < 1.29 is 4.79 Å². The molecule has 0 aliphatic heterocycles. The molecule has 1 aliphatic rings. The lowest BCUT2D eigenvalue weighted by atomic mass is 9.99. The number of alkyl halides is 1. The summed E-state index contributed by atoms with van der Waals surface area (Å²) in [5, 5.41) is 3.05. The SMILES string of the molecule is CC(CCCl)NC(=O)C1CCCCCC1. The molecule has 0 bridgehead atoms. The molecule has 0 aromatic carbocycles. The maximum atomic E-state index is 11.9. The van der Waals surface area contributed by atoms with Crippen LogP contribution in [0.25, 0.3) is 0 Å². The monoisotopic (exact) mass is 231 g/mol. The van der Waals surface area contributed by atoms with Crippen LogP contribution in [0, 0.1) is 5.92 Å². The van der Waals surface area contributed by atoms with E-state index in [1.165, 1.54) is 25.7 Å². The number of amides is 1. The van der Waals surface area contributed by atoms with Crippen LogP contribution >= 0.6 is 11.6 Å². The van der Waals surface area contributed by atoms with E-state index in [0.717, 1.165) is 19.3 Å². The summed E-state index contributed by atoms with van der Waals surface area (Å²) in [4.78, 5) is 11.9. The Morgan fingerprint density at radius 2 is 1.93 bits per heavy atom. The molecule has 15 heavy (non-hydrogen) atoms. The van der Waals surface area contributed by atoms with E-state index >= 15 is 0 Å². The smallest absolute Gasteiger partial charge is 0.223 e. The molecule has 0 radical (unpaired) electrons. The number of carbonyl (C=O) groups is 1. The topological polar surface area (TPSA) is 29.1 Å². The fraction of sp³-hybridized carbons (Fsp3) is 0.917. The first-order valence-corrected chi connectivity index (χ1v) is 6.64. The molecule has 2 nitrogen and oxygen atoms in total. The van der Waals surface area contributed by atoms with Gasteiger partial charge in [0.1, 0.15) is 0 Å². The third-order valence-electron chi connectivity index (χ3n) is 3.16. The molecule has 0 aromatic rings. The van der Waals surface area contributed by atoms with Crippen LogP contribution in [0.4, 0.5) is 0 Å². The van der Waals surface area contributed by atoms with Crippen molar-refractivity contribution in [3.63, 3.8) is 0 Å². The lowest BCUT2D eigenvalue weighted by Gasteiger charge is -2.18. The normalized spacial score (nSPS) is 20.7. The van der Waals surface area contributed by atoms with Gasteiger partial charge in [-0.1, -0.05) is 25.7 Å². The largest absolute Gasteiger partial charge is 0.353 e. The zero-order chi connectivity index (χ0) is 11.1. The van der Waals surface area contributed by atoms with Crippen molar-refractivity contribution in [3.05, 3.63) is 0 Å². The maximum Gasteiger partial charge on any atom is 0.223 e. The van der Waals surface area contributed by atoms with Crippen molar-refractivity contribution in [2.45, 2.75) is 57.9 Å². The summed E-state index contributed by atoms with van der Waals surface area (Å²) in [6.07, 6.45) is 8.00. The maximum absolute atomic E-state index is 11.9. The molecule has 1 N–H and O–H groups in total. The second-order valence-electron chi connectivity index (χ2n) is 4.58. The molecule has 3 heteroatoms. The standard InChI is InChI=1S/C12H22ClNO/c1-10(8-9-13)14-12(15)11-6-4-2-3-5-7-11/h10-11H,2-9H2,1H3,(H,14,15). The summed E-state index contributed by atoms with van der Waals surface area (Å²) in [7, 11) is 0. The zero-order valence-corrected chi connectivity index (χ0v) is 10.4. The van der Waals surface area contributed by atoms with Gasteiger partial charge in [0, 0.05) is 17.8 Å². The van der Waals surface area contributed by atoms with Gasteiger partial charge in [0.2, 0.25) is 5.91 Å². The summed E-state index contributed by atoms with van der Waals surface area (Å²) >= 11 is 5.64. The van der Waals surface area contributed by atoms with E-state index in [9.17, 15) is 4.79 Å². The minimum Gasteiger partial charge on any atom is -0.353 e. The minimum atomic E-state index is 0.221. The van der Waals surface area contributed by atoms with Gasteiger partial charge in [-0.2, -0.15) is 0 Å². The Morgan fingerprint density at radius 1 is 1.33 bits per heavy atom. The molecule has 0 heterocycles. The number of halogens is 1. The Morgan fingerprint density at radius 3 is 2.47 bits per heavy atom. The number of nitrogens with one attached hydrogen (secondary N) is 1. The van der Waals surface area contributed by atoms with Crippen molar-refractivity contribution in [2.24, 2.45) is 5.92 Å². The van der Waals surface area contributed by atoms with E-state index in [2.05, 4.69) is 5.32 Å². The Labute approximate surface area is 97.8 Å². The van der Waals surface area contributed by atoms with E-state index < -0.39 is 0 Å². The van der Waals surface area contributed by atoms with Crippen molar-refractivity contribution in [3.8, 4) is 0 Å². The van der Waals surface area contributed by atoms with Crippen LogP contribution in [0.1, 0.15) is 51.9 Å². The van der Waals surface area contributed by atoms with Crippen LogP contribution < -0.4 is 5.32 Å². The minimum absolute atomic E-state index is 0.221. The summed E-state index contributed by atoms with van der Waals surface area (Å²) in [6, 6.07) is 0.221. The van der Waals surface area contributed by atoms with Crippen LogP contribution in [0.5, 0.6) is 0 Å². The van der Waals surface area contributed by atoms with Gasteiger partial charge in [0.05, 0.1) is 0 Å². The third-order valence-corrected chi connectivity index (χ3v) is 3.37. The highest BCUT2D eigenvalue weighted by molar-refractivity contribution is 6.17. The lowest BCUT2D eigenvalue weighted by molar-refractivity contribution is -0.126. The fourth-order valence-corrected chi connectivity index (χ4v) is 2.47. The van der Waals surface area contributed by atoms with Crippen molar-refractivity contribution in [2.75, 3.05) is 5.88 Å². The Kier molecular flexibility index (Phi) is 6.07. The van der Waals surface area contributed by atoms with Gasteiger partial charge in [-0.25, -0.2) is 0 Å². The highest BCUT2D eigenvalue weighted by Gasteiger charge is 2.20. The first-order valence-electron chi connectivity index (χ1n) is 6.10. The van der Waals surface area contributed by atoms with Gasteiger partial charge in [-0.05, 0) is 26.2 Å². The Balaban J connectivity index is 2.30. The lowest BCUT2D eigenvalue weighted by Crippen LogP contribution is -2.37. The summed E-state index contributed by atoms with van der Waals surface area (Å²) in [5.41, 5.74) is 0. The second-order valence-corrected chi connectivity index (χ2v) is 4.95. The zero-order valence-electron chi connectivity index (χ0n) is 9.60. The van der Waals surface area contributed by atoms with Crippen LogP contribution in [-0.2, 0) is 4.79 Å². The fourth-order valence-electron chi connectivity index (χ4n) is 2.14. The van der Waals surface area contributed by atoms with Crippen LogP contribution in [0.2, 0.25) is 0 Å². The summed E-state index contributed by atoms with van der Waals surface area (Å²) in [6.45, 7) is 2.02. The summed E-state index contributed by atoms with van der Waals surface area (Å²) < 4.78 is 0. The molecular formula is C12H22ClNO. The number of hydrogen-bond donors (Lipinski definition) is 1. The average Bonchev–Trinajstić information content (AvgIpc) is 2.45. The van der Waals surface area contributed by atoms with Crippen molar-refractivity contribution >= 4 is 17.5 Å². The van der Waals surface area contributed by atoms with E-state index in [1.807, 2.05) is 6.92 Å². The number of rotatable bonds is 4. The predicted molar refractivity (Wildman–Crippen MR) is 64.1 cm³/mol. The molecule has 0 spiro atoms. The number of hydrogen-bond acceptors (Lipinski definition) is 1. The van der Waals surface area contributed by atoms with Gasteiger partial charge < -0.3 is 5.32 Å². The van der Waals surface area contributed by atoms with Crippen molar-refractivity contribution in [1.82, 2.24) is 5.32 Å². The molecule has 1 amide bonds. The first-order chi connectivity index (χ1) is 7.24. The van der Waals surface area contributed by atoms with Crippen LogP contribution in [-0.4, -0.2) is 17.8 Å². The molecule has 1 saturated carbocycles. The molecule has 0 aromatic heterocycles. The third kappa shape index (κ3) is 4.87. The van der Waals surface area contributed by atoms with Gasteiger partial charge in [-0.15, -0.1) is 11.6 Å². The molecule has 1 rings (SSSR count). The van der Waals surface area contributed by atoms with Gasteiger partial charge in [0.25, 0.3) is 0 Å². The molecule has 88 valence electrons. The number of carbonyl (C=O) groups excluding carboxylic acids is 1. The average molecular weight is 232 g/mol. The van der Waals surface area contributed by atoms with E-state index in [4.69, 9.17) is 11.6 Å². The first kappa shape index (κ1) is 12.8. The summed E-state index contributed by atoms with van der Waals surface area (Å²) in [5.74, 6) is 1.12. The van der Waals surface area contributed by atoms with Gasteiger partial charge >= 0.3 is 0 Å². The van der Waals surface area contributed by atoms with Crippen molar-refractivity contribution in [1.29, 1.82) is 0 Å². The Bertz CT molecular complexity index is 188. The van der Waals surface area contributed by atoms with E-state index in [0.29, 0.717) is 5.88 Å². The molecule has 0 saturated heterocycles. The Hall–Kier alpha value is -0.240. The van der Waals surface area contributed by atoms with Gasteiger partial charge in [-0.3, -0.25) is 4.79 Å². The second kappa shape index (κ2) is 7.10. The molecule has 1 fully saturated rings. The molecular weight excluding hydrogens is 210 g/mol. The van der Waals surface area contributed by atoms with E-state index in [1.54, 1.807) is 0 Å². The quantitative estimate of drug-likeness (QED) is 0.585. The van der Waals surface area contributed by atoms with Gasteiger partial charge in [0.15, 0.2) is 0 Å².